The van der Waals surface area contributed by atoms with Gasteiger partial charge in [0, 0.05) is 25.5 Å². The summed E-state index contributed by atoms with van der Waals surface area (Å²) in [7, 11) is 0. The molecule has 0 fully saturated rings. The molecular formula is C10H16N2O. The lowest BCUT2D eigenvalue weighted by Crippen LogP contribution is -2.23. The van der Waals surface area contributed by atoms with Gasteiger partial charge in [0.2, 0.25) is 0 Å². The van der Waals surface area contributed by atoms with Gasteiger partial charge in [-0.2, -0.15) is 0 Å². The summed E-state index contributed by atoms with van der Waals surface area (Å²) < 4.78 is 3.41. The van der Waals surface area contributed by atoms with E-state index in [-0.39, 0.29) is 5.69 Å². The Bertz CT molecular complexity index is 346. The molecule has 0 spiro atoms. The van der Waals surface area contributed by atoms with E-state index >= 15 is 0 Å². The van der Waals surface area contributed by atoms with Crippen molar-refractivity contribution in [3.05, 3.63) is 35.0 Å². The van der Waals surface area contributed by atoms with Crippen LogP contribution in [0.25, 0.3) is 0 Å². The molecule has 3 heteroatoms. The minimum absolute atomic E-state index is 0.0729. The fraction of sp³-hybridized carbons (Fsp3) is 0.500. The van der Waals surface area contributed by atoms with E-state index in [9.17, 15) is 4.79 Å². The van der Waals surface area contributed by atoms with Crippen molar-refractivity contribution >= 4 is 0 Å². The van der Waals surface area contributed by atoms with Crippen LogP contribution in [0.15, 0.2) is 29.3 Å². The van der Waals surface area contributed by atoms with Crippen LogP contribution in [0.4, 0.5) is 0 Å². The van der Waals surface area contributed by atoms with Crippen molar-refractivity contribution < 1.29 is 0 Å². The molecule has 0 radical (unpaired) electrons. The van der Waals surface area contributed by atoms with Gasteiger partial charge >= 0.3 is 5.69 Å². The summed E-state index contributed by atoms with van der Waals surface area (Å²) in [5.74, 6) is 0. The molecule has 1 rings (SSSR count). The molecular weight excluding hydrogens is 164 g/mol. The minimum Gasteiger partial charge on any atom is -0.300 e. The van der Waals surface area contributed by atoms with Crippen LogP contribution in [0.2, 0.25) is 0 Å². The maximum Gasteiger partial charge on any atom is 0.328 e. The molecule has 1 aromatic heterocycles. The molecule has 0 aliphatic rings. The van der Waals surface area contributed by atoms with E-state index in [2.05, 4.69) is 6.58 Å². The smallest absolute Gasteiger partial charge is 0.300 e. The van der Waals surface area contributed by atoms with Gasteiger partial charge in [0.1, 0.15) is 0 Å². The van der Waals surface area contributed by atoms with Gasteiger partial charge in [0.15, 0.2) is 0 Å². The first-order valence-electron chi connectivity index (χ1n) is 4.55. The Morgan fingerprint density at radius 2 is 2.08 bits per heavy atom. The summed E-state index contributed by atoms with van der Waals surface area (Å²) in [5, 5.41) is 0. The van der Waals surface area contributed by atoms with Crippen molar-refractivity contribution in [2.45, 2.75) is 33.4 Å². The van der Waals surface area contributed by atoms with Crippen molar-refractivity contribution in [1.29, 1.82) is 0 Å². The van der Waals surface area contributed by atoms with E-state index in [0.717, 1.165) is 25.1 Å². The highest BCUT2D eigenvalue weighted by Crippen LogP contribution is 1.97. The Morgan fingerprint density at radius 3 is 2.54 bits per heavy atom. The van der Waals surface area contributed by atoms with Gasteiger partial charge in [0.05, 0.1) is 0 Å². The van der Waals surface area contributed by atoms with Gasteiger partial charge in [-0.05, 0) is 20.3 Å². The topological polar surface area (TPSA) is 26.9 Å². The third kappa shape index (κ3) is 2.34. The predicted octanol–water partition coefficient (Wildman–Crippen LogP) is 1.64. The van der Waals surface area contributed by atoms with Crippen LogP contribution in [0.5, 0.6) is 0 Å². The maximum atomic E-state index is 11.5. The predicted molar refractivity (Wildman–Crippen MR) is 53.8 cm³/mol. The Kier molecular flexibility index (Phi) is 3.12. The monoisotopic (exact) mass is 180 g/mol. The molecule has 1 aromatic rings. The van der Waals surface area contributed by atoms with Crippen molar-refractivity contribution in [3.8, 4) is 0 Å². The first-order chi connectivity index (χ1) is 6.15. The quantitative estimate of drug-likeness (QED) is 0.647. The minimum atomic E-state index is 0.0729. The van der Waals surface area contributed by atoms with Crippen molar-refractivity contribution in [2.75, 3.05) is 0 Å². The highest BCUT2D eigenvalue weighted by molar-refractivity contribution is 4.89. The van der Waals surface area contributed by atoms with E-state index in [1.54, 1.807) is 9.13 Å². The van der Waals surface area contributed by atoms with Crippen LogP contribution in [0.3, 0.4) is 0 Å². The Morgan fingerprint density at radius 1 is 1.46 bits per heavy atom. The Hall–Kier alpha value is -1.25. The zero-order valence-electron chi connectivity index (χ0n) is 8.29. The van der Waals surface area contributed by atoms with Gasteiger partial charge in [-0.1, -0.05) is 5.57 Å². The van der Waals surface area contributed by atoms with E-state index in [1.165, 1.54) is 0 Å². The summed E-state index contributed by atoms with van der Waals surface area (Å²) in [4.78, 5) is 11.5. The molecule has 0 aromatic carbocycles. The zero-order chi connectivity index (χ0) is 9.84. The third-order valence-electron chi connectivity index (χ3n) is 2.04. The number of nitrogens with zero attached hydrogens (tertiary/aromatic N) is 2. The van der Waals surface area contributed by atoms with E-state index < -0.39 is 0 Å². The first-order valence-corrected chi connectivity index (χ1v) is 4.55. The van der Waals surface area contributed by atoms with Crippen molar-refractivity contribution in [3.63, 3.8) is 0 Å². The largest absolute Gasteiger partial charge is 0.328 e. The summed E-state index contributed by atoms with van der Waals surface area (Å²) in [5.41, 5.74) is 1.18. The summed E-state index contributed by atoms with van der Waals surface area (Å²) in [6.07, 6.45) is 4.52. The lowest BCUT2D eigenvalue weighted by atomic mass is 10.2. The van der Waals surface area contributed by atoms with E-state index in [1.807, 2.05) is 26.2 Å². The van der Waals surface area contributed by atoms with E-state index in [0.29, 0.717) is 0 Å². The number of hydrogen-bond acceptors (Lipinski definition) is 1. The number of hydrogen-bond donors (Lipinski definition) is 0. The molecule has 0 unspecified atom stereocenters. The van der Waals surface area contributed by atoms with Crippen LogP contribution < -0.4 is 5.69 Å². The zero-order valence-corrected chi connectivity index (χ0v) is 8.29. The molecule has 0 bridgehead atoms. The average molecular weight is 180 g/mol. The second-order valence-electron chi connectivity index (χ2n) is 3.27. The molecule has 0 N–H and O–H groups in total. The summed E-state index contributed by atoms with van der Waals surface area (Å²) in [6.45, 7) is 9.21. The lowest BCUT2D eigenvalue weighted by Gasteiger charge is -2.00. The molecule has 0 saturated heterocycles. The third-order valence-corrected chi connectivity index (χ3v) is 2.04. The molecule has 0 saturated carbocycles. The molecule has 72 valence electrons. The maximum absolute atomic E-state index is 11.5. The first kappa shape index (κ1) is 9.84. The SMILES string of the molecule is C=C(C)CCn1ccn(CC)c1=O. The average Bonchev–Trinajstić information content (AvgIpc) is 2.43. The van der Waals surface area contributed by atoms with Gasteiger partial charge in [-0.15, -0.1) is 6.58 Å². The fourth-order valence-corrected chi connectivity index (χ4v) is 1.18. The molecule has 13 heavy (non-hydrogen) atoms. The number of rotatable bonds is 4. The highest BCUT2D eigenvalue weighted by atomic mass is 16.1. The molecule has 0 aliphatic carbocycles. The Labute approximate surface area is 78.3 Å². The second kappa shape index (κ2) is 4.12. The normalized spacial score (nSPS) is 10.3. The van der Waals surface area contributed by atoms with Gasteiger partial charge < -0.3 is 0 Å². The fourth-order valence-electron chi connectivity index (χ4n) is 1.18. The van der Waals surface area contributed by atoms with Gasteiger partial charge in [-0.3, -0.25) is 9.13 Å². The standard InChI is InChI=1S/C10H16N2O/c1-4-11-7-8-12(10(11)13)6-5-9(2)3/h7-8H,2,4-6H2,1,3H3. The van der Waals surface area contributed by atoms with Crippen LogP contribution in [-0.4, -0.2) is 9.13 Å². The van der Waals surface area contributed by atoms with E-state index in [4.69, 9.17) is 0 Å². The summed E-state index contributed by atoms with van der Waals surface area (Å²) in [6, 6.07) is 0. The second-order valence-corrected chi connectivity index (χ2v) is 3.27. The summed E-state index contributed by atoms with van der Waals surface area (Å²) >= 11 is 0. The van der Waals surface area contributed by atoms with Crippen molar-refractivity contribution in [2.24, 2.45) is 0 Å². The van der Waals surface area contributed by atoms with Crippen LogP contribution in [-0.2, 0) is 13.1 Å². The highest BCUT2D eigenvalue weighted by Gasteiger charge is 2.00. The molecule has 0 aliphatic heterocycles. The van der Waals surface area contributed by atoms with Crippen LogP contribution in [0, 0.1) is 0 Å². The van der Waals surface area contributed by atoms with Crippen LogP contribution >= 0.6 is 0 Å². The van der Waals surface area contributed by atoms with Gasteiger partial charge in [0.25, 0.3) is 0 Å². The molecule has 0 amide bonds. The van der Waals surface area contributed by atoms with Crippen LogP contribution in [0.1, 0.15) is 20.3 Å². The van der Waals surface area contributed by atoms with Crippen molar-refractivity contribution in [1.82, 2.24) is 9.13 Å². The number of imidazole rings is 1. The van der Waals surface area contributed by atoms with Gasteiger partial charge in [-0.25, -0.2) is 4.79 Å². The molecule has 1 heterocycles. The number of aryl methyl sites for hydroxylation is 2. The molecule has 3 nitrogen and oxygen atoms in total. The lowest BCUT2D eigenvalue weighted by molar-refractivity contribution is 0.625. The number of aromatic nitrogens is 2. The number of allylic oxidation sites excluding steroid dienone is 1. The Balaban J connectivity index is 2.73. The molecule has 0 atom stereocenters.